The summed E-state index contributed by atoms with van der Waals surface area (Å²) in [5.74, 6) is 0.146. The van der Waals surface area contributed by atoms with Crippen LogP contribution in [-0.2, 0) is 6.54 Å². The average molecular weight is 462 g/mol. The third-order valence-electron chi connectivity index (χ3n) is 6.38. The van der Waals surface area contributed by atoms with Crippen LogP contribution >= 0.6 is 0 Å². The first-order chi connectivity index (χ1) is 16.5. The van der Waals surface area contributed by atoms with E-state index in [9.17, 15) is 13.6 Å². The van der Waals surface area contributed by atoms with Crippen LogP contribution < -0.4 is 15.6 Å². The zero-order chi connectivity index (χ0) is 23.7. The van der Waals surface area contributed by atoms with Crippen LogP contribution in [0.15, 0.2) is 65.5 Å². The van der Waals surface area contributed by atoms with Gasteiger partial charge in [0.05, 0.1) is 23.6 Å². The molecule has 5 rings (SSSR count). The standard InChI is InChI=1S/C27H25F2N3O2/c1-34-25-7-3-2-6-21(25)26-31-24-11-8-18(20-10-9-19(28)14-23(20)29)13-22(24)27(33)32(26)16-17-5-4-12-30-15-17/h2-3,6-11,13-14,17,30H,4-5,12,15-16H2,1H3. The lowest BCUT2D eigenvalue weighted by Gasteiger charge is -2.25. The maximum atomic E-state index is 14.4. The van der Waals surface area contributed by atoms with Crippen LogP contribution in [0.1, 0.15) is 12.8 Å². The molecule has 3 aromatic carbocycles. The van der Waals surface area contributed by atoms with Crippen molar-refractivity contribution in [3.63, 3.8) is 0 Å². The lowest BCUT2D eigenvalue weighted by molar-refractivity contribution is 0.334. The predicted octanol–water partition coefficient (Wildman–Crippen LogP) is 5.02. The summed E-state index contributed by atoms with van der Waals surface area (Å²) in [6.45, 7) is 2.32. The van der Waals surface area contributed by atoms with E-state index in [4.69, 9.17) is 9.72 Å². The normalized spacial score (nSPS) is 16.0. The molecule has 1 aromatic heterocycles. The second-order valence-electron chi connectivity index (χ2n) is 8.62. The SMILES string of the molecule is COc1ccccc1-c1nc2ccc(-c3ccc(F)cc3F)cc2c(=O)n1CC1CCCNC1. The highest BCUT2D eigenvalue weighted by molar-refractivity contribution is 5.85. The molecule has 1 aliphatic rings. The first-order valence-corrected chi connectivity index (χ1v) is 11.4. The Morgan fingerprint density at radius 1 is 1.09 bits per heavy atom. The third kappa shape index (κ3) is 4.19. The Hall–Kier alpha value is -3.58. The summed E-state index contributed by atoms with van der Waals surface area (Å²) >= 11 is 0. The number of rotatable bonds is 5. The van der Waals surface area contributed by atoms with Crippen molar-refractivity contribution in [2.75, 3.05) is 20.2 Å². The minimum Gasteiger partial charge on any atom is -0.496 e. The van der Waals surface area contributed by atoms with Gasteiger partial charge in [0.15, 0.2) is 0 Å². The zero-order valence-electron chi connectivity index (χ0n) is 18.9. The molecule has 5 nitrogen and oxygen atoms in total. The molecular weight excluding hydrogens is 436 g/mol. The van der Waals surface area contributed by atoms with Crippen molar-refractivity contribution >= 4 is 10.9 Å². The van der Waals surface area contributed by atoms with Gasteiger partial charge in [-0.2, -0.15) is 0 Å². The molecule has 1 aliphatic heterocycles. The lowest BCUT2D eigenvalue weighted by Crippen LogP contribution is -2.35. The van der Waals surface area contributed by atoms with E-state index >= 15 is 0 Å². The zero-order valence-corrected chi connectivity index (χ0v) is 18.9. The summed E-state index contributed by atoms with van der Waals surface area (Å²) < 4.78 is 35.1. The summed E-state index contributed by atoms with van der Waals surface area (Å²) in [5.41, 5.74) is 1.79. The van der Waals surface area contributed by atoms with Crippen molar-refractivity contribution < 1.29 is 13.5 Å². The molecule has 1 atom stereocenters. The molecule has 0 spiro atoms. The number of piperidine rings is 1. The molecule has 0 amide bonds. The van der Waals surface area contributed by atoms with E-state index < -0.39 is 11.6 Å². The minimum atomic E-state index is -0.674. The number of nitrogens with one attached hydrogen (secondary N) is 1. The number of hydrogen-bond acceptors (Lipinski definition) is 4. The minimum absolute atomic E-state index is 0.194. The van der Waals surface area contributed by atoms with Gasteiger partial charge in [-0.15, -0.1) is 0 Å². The highest BCUT2D eigenvalue weighted by Gasteiger charge is 2.21. The summed E-state index contributed by atoms with van der Waals surface area (Å²) in [7, 11) is 1.59. The van der Waals surface area contributed by atoms with Crippen molar-refractivity contribution in [1.82, 2.24) is 14.9 Å². The molecule has 0 aliphatic carbocycles. The van der Waals surface area contributed by atoms with Gasteiger partial charge in [-0.1, -0.05) is 18.2 Å². The second kappa shape index (κ2) is 9.35. The fraction of sp³-hybridized carbons (Fsp3) is 0.259. The summed E-state index contributed by atoms with van der Waals surface area (Å²) in [4.78, 5) is 18.7. The summed E-state index contributed by atoms with van der Waals surface area (Å²) in [6, 6.07) is 16.0. The van der Waals surface area contributed by atoms with Crippen LogP contribution in [0.3, 0.4) is 0 Å². The van der Waals surface area contributed by atoms with E-state index in [1.165, 1.54) is 12.1 Å². The number of ether oxygens (including phenoxy) is 1. The highest BCUT2D eigenvalue weighted by atomic mass is 19.1. The maximum Gasteiger partial charge on any atom is 0.261 e. The Bertz CT molecular complexity index is 1410. The quantitative estimate of drug-likeness (QED) is 0.454. The Morgan fingerprint density at radius 2 is 1.94 bits per heavy atom. The smallest absolute Gasteiger partial charge is 0.261 e. The molecule has 0 radical (unpaired) electrons. The summed E-state index contributed by atoms with van der Waals surface area (Å²) in [5, 5.41) is 3.79. The third-order valence-corrected chi connectivity index (χ3v) is 6.38. The van der Waals surface area contributed by atoms with Gasteiger partial charge in [0.1, 0.15) is 23.2 Å². The molecule has 4 aromatic rings. The molecule has 0 saturated carbocycles. The Kier molecular flexibility index (Phi) is 6.11. The summed E-state index contributed by atoms with van der Waals surface area (Å²) in [6.07, 6.45) is 2.07. The van der Waals surface area contributed by atoms with Gasteiger partial charge >= 0.3 is 0 Å². The van der Waals surface area contributed by atoms with Crippen LogP contribution in [0.25, 0.3) is 33.4 Å². The molecule has 1 N–H and O–H groups in total. The van der Waals surface area contributed by atoms with E-state index in [0.717, 1.165) is 37.6 Å². The highest BCUT2D eigenvalue weighted by Crippen LogP contribution is 2.31. The molecule has 34 heavy (non-hydrogen) atoms. The molecule has 0 bridgehead atoms. The topological polar surface area (TPSA) is 56.1 Å². The van der Waals surface area contributed by atoms with Gasteiger partial charge in [0, 0.05) is 18.2 Å². The van der Waals surface area contributed by atoms with E-state index in [-0.39, 0.29) is 17.0 Å². The number of methoxy groups -OCH3 is 1. The van der Waals surface area contributed by atoms with Gasteiger partial charge in [-0.25, -0.2) is 13.8 Å². The molecule has 7 heteroatoms. The largest absolute Gasteiger partial charge is 0.496 e. The van der Waals surface area contributed by atoms with Gasteiger partial charge in [0.25, 0.3) is 5.56 Å². The van der Waals surface area contributed by atoms with Crippen LogP contribution in [-0.4, -0.2) is 29.8 Å². The molecule has 1 fully saturated rings. The van der Waals surface area contributed by atoms with Gasteiger partial charge in [0.2, 0.25) is 0 Å². The number of nitrogens with zero attached hydrogens (tertiary/aromatic N) is 2. The monoisotopic (exact) mass is 461 g/mol. The van der Waals surface area contributed by atoms with Crippen molar-refractivity contribution in [2.24, 2.45) is 5.92 Å². The average Bonchev–Trinajstić information content (AvgIpc) is 2.86. The maximum absolute atomic E-state index is 14.4. The second-order valence-corrected chi connectivity index (χ2v) is 8.62. The Labute approximate surface area is 196 Å². The predicted molar refractivity (Wildman–Crippen MR) is 129 cm³/mol. The van der Waals surface area contributed by atoms with Crippen molar-refractivity contribution in [2.45, 2.75) is 19.4 Å². The fourth-order valence-electron chi connectivity index (χ4n) is 4.65. The lowest BCUT2D eigenvalue weighted by atomic mass is 9.99. The Morgan fingerprint density at radius 3 is 2.71 bits per heavy atom. The van der Waals surface area contributed by atoms with Crippen LogP contribution in [0.5, 0.6) is 5.75 Å². The number of benzene rings is 3. The molecular formula is C27H25F2N3O2. The number of halogens is 2. The van der Waals surface area contributed by atoms with Crippen molar-refractivity contribution in [3.8, 4) is 28.3 Å². The number of para-hydroxylation sites is 1. The first kappa shape index (κ1) is 22.2. The van der Waals surface area contributed by atoms with Crippen LogP contribution in [0.4, 0.5) is 8.78 Å². The molecule has 174 valence electrons. The van der Waals surface area contributed by atoms with Crippen LogP contribution in [0, 0.1) is 17.6 Å². The van der Waals surface area contributed by atoms with E-state index in [1.54, 1.807) is 29.9 Å². The van der Waals surface area contributed by atoms with Gasteiger partial charge in [-0.3, -0.25) is 9.36 Å². The number of aromatic nitrogens is 2. The van der Waals surface area contributed by atoms with Crippen molar-refractivity contribution in [1.29, 1.82) is 0 Å². The first-order valence-electron chi connectivity index (χ1n) is 11.4. The number of fused-ring (bicyclic) bond motifs is 1. The Balaban J connectivity index is 1.71. The van der Waals surface area contributed by atoms with Gasteiger partial charge in [-0.05, 0) is 73.8 Å². The van der Waals surface area contributed by atoms with Crippen LogP contribution in [0.2, 0.25) is 0 Å². The van der Waals surface area contributed by atoms with Gasteiger partial charge < -0.3 is 10.1 Å². The molecule has 1 unspecified atom stereocenters. The van der Waals surface area contributed by atoms with Crippen molar-refractivity contribution in [3.05, 3.63) is 82.7 Å². The number of hydrogen-bond donors (Lipinski definition) is 1. The molecule has 1 saturated heterocycles. The molecule has 2 heterocycles. The van der Waals surface area contributed by atoms with E-state index in [1.807, 2.05) is 24.3 Å². The van der Waals surface area contributed by atoms with E-state index in [2.05, 4.69) is 5.32 Å². The van der Waals surface area contributed by atoms with E-state index in [0.29, 0.717) is 34.6 Å². The fourth-order valence-corrected chi connectivity index (χ4v) is 4.65.